The number of nitrogens with one attached hydrogen (secondary N) is 1. The summed E-state index contributed by atoms with van der Waals surface area (Å²) in [5.41, 5.74) is 1.87. The molecule has 0 saturated heterocycles. The normalized spacial score (nSPS) is 12.2. The Morgan fingerprint density at radius 1 is 1.11 bits per heavy atom. The van der Waals surface area contributed by atoms with Gasteiger partial charge in [0.15, 0.2) is 0 Å². The Bertz CT molecular complexity index is 540. The molecule has 2 nitrogen and oxygen atoms in total. The molecule has 0 amide bonds. The number of hydrogen-bond acceptors (Lipinski definition) is 2. The molecule has 94 valence electrons. The van der Waals surface area contributed by atoms with Gasteiger partial charge in [-0.05, 0) is 36.8 Å². The third-order valence-corrected chi connectivity index (χ3v) is 3.33. The number of halogens is 3. The zero-order chi connectivity index (χ0) is 13.1. The molecule has 18 heavy (non-hydrogen) atoms. The molecule has 5 heteroatoms. The predicted octanol–water partition coefficient (Wildman–Crippen LogP) is 5.21. The van der Waals surface area contributed by atoms with Gasteiger partial charge in [-0.3, -0.25) is 0 Å². The van der Waals surface area contributed by atoms with Crippen molar-refractivity contribution >= 4 is 40.5 Å². The molecular weight excluding hydrogens is 291 g/mol. The monoisotopic (exact) mass is 300 g/mol. The van der Waals surface area contributed by atoms with Crippen molar-refractivity contribution < 1.29 is 0 Å². The largest absolute Gasteiger partial charge is 0.377 e. The number of hydrogen-bond donors (Lipinski definition) is 1. The minimum atomic E-state index is 0.0535. The summed E-state index contributed by atoms with van der Waals surface area (Å²) >= 11 is 17.8. The van der Waals surface area contributed by atoms with E-state index in [-0.39, 0.29) is 6.04 Å². The first-order chi connectivity index (χ1) is 8.56. The van der Waals surface area contributed by atoms with Crippen molar-refractivity contribution in [3.63, 3.8) is 0 Å². The number of benzene rings is 1. The molecule has 1 aromatic carbocycles. The van der Waals surface area contributed by atoms with Gasteiger partial charge in [-0.2, -0.15) is 0 Å². The maximum atomic E-state index is 6.15. The highest BCUT2D eigenvalue weighted by molar-refractivity contribution is 6.35. The molecule has 1 atom stereocenters. The summed E-state index contributed by atoms with van der Waals surface area (Å²) < 4.78 is 0. The standard InChI is InChI=1S/C13H11Cl3N2/c1-8(11-4-2-9(14)6-12(11)15)18-10-3-5-13(16)17-7-10/h2-8,18H,1H3. The van der Waals surface area contributed by atoms with Gasteiger partial charge < -0.3 is 5.32 Å². The van der Waals surface area contributed by atoms with Gasteiger partial charge in [-0.15, -0.1) is 0 Å². The Morgan fingerprint density at radius 2 is 1.89 bits per heavy atom. The van der Waals surface area contributed by atoms with Crippen molar-refractivity contribution in [3.05, 3.63) is 57.3 Å². The molecule has 1 unspecified atom stereocenters. The van der Waals surface area contributed by atoms with Crippen LogP contribution < -0.4 is 5.32 Å². The summed E-state index contributed by atoms with van der Waals surface area (Å²) in [6.45, 7) is 2.02. The van der Waals surface area contributed by atoms with Gasteiger partial charge in [0.1, 0.15) is 5.15 Å². The van der Waals surface area contributed by atoms with Crippen LogP contribution in [-0.2, 0) is 0 Å². The predicted molar refractivity (Wildman–Crippen MR) is 77.7 cm³/mol. The average molecular weight is 302 g/mol. The number of aromatic nitrogens is 1. The van der Waals surface area contributed by atoms with Gasteiger partial charge >= 0.3 is 0 Å². The summed E-state index contributed by atoms with van der Waals surface area (Å²) in [6.07, 6.45) is 1.68. The van der Waals surface area contributed by atoms with E-state index >= 15 is 0 Å². The van der Waals surface area contributed by atoms with Crippen molar-refractivity contribution in [2.24, 2.45) is 0 Å². The Morgan fingerprint density at radius 3 is 2.50 bits per heavy atom. The van der Waals surface area contributed by atoms with Crippen LogP contribution in [-0.4, -0.2) is 4.98 Å². The highest BCUT2D eigenvalue weighted by atomic mass is 35.5. The summed E-state index contributed by atoms with van der Waals surface area (Å²) in [4.78, 5) is 4.01. The maximum absolute atomic E-state index is 6.15. The third kappa shape index (κ3) is 3.29. The van der Waals surface area contributed by atoms with E-state index in [1.165, 1.54) is 0 Å². The van der Waals surface area contributed by atoms with Gasteiger partial charge in [0.25, 0.3) is 0 Å². The molecule has 0 aliphatic rings. The molecule has 1 aromatic heterocycles. The lowest BCUT2D eigenvalue weighted by Gasteiger charge is -2.17. The summed E-state index contributed by atoms with van der Waals surface area (Å²) in [5.74, 6) is 0. The Hall–Kier alpha value is -0.960. The maximum Gasteiger partial charge on any atom is 0.129 e. The molecule has 1 heterocycles. The van der Waals surface area contributed by atoms with E-state index in [2.05, 4.69) is 10.3 Å². The van der Waals surface area contributed by atoms with Crippen molar-refractivity contribution in [1.82, 2.24) is 4.98 Å². The summed E-state index contributed by atoms with van der Waals surface area (Å²) in [5, 5.41) is 5.04. The second kappa shape index (κ2) is 5.79. The minimum absolute atomic E-state index is 0.0535. The Labute approximate surface area is 121 Å². The van der Waals surface area contributed by atoms with Crippen LogP contribution in [0.2, 0.25) is 15.2 Å². The number of nitrogens with zero attached hydrogens (tertiary/aromatic N) is 1. The summed E-state index contributed by atoms with van der Waals surface area (Å²) in [6, 6.07) is 9.12. The minimum Gasteiger partial charge on any atom is -0.377 e. The van der Waals surface area contributed by atoms with E-state index in [1.807, 2.05) is 25.1 Å². The van der Waals surface area contributed by atoms with E-state index in [4.69, 9.17) is 34.8 Å². The van der Waals surface area contributed by atoms with E-state index in [1.54, 1.807) is 18.3 Å². The molecule has 0 aliphatic heterocycles. The van der Waals surface area contributed by atoms with Gasteiger partial charge in [0, 0.05) is 10.0 Å². The van der Waals surface area contributed by atoms with Crippen LogP contribution in [0.25, 0.3) is 0 Å². The molecule has 0 fully saturated rings. The van der Waals surface area contributed by atoms with Gasteiger partial charge in [0.2, 0.25) is 0 Å². The highest BCUT2D eigenvalue weighted by Crippen LogP contribution is 2.28. The molecule has 0 aliphatic carbocycles. The van der Waals surface area contributed by atoms with Crippen LogP contribution in [0, 0.1) is 0 Å². The lowest BCUT2D eigenvalue weighted by molar-refractivity contribution is 0.883. The van der Waals surface area contributed by atoms with Crippen molar-refractivity contribution in [2.75, 3.05) is 5.32 Å². The number of anilines is 1. The lowest BCUT2D eigenvalue weighted by atomic mass is 10.1. The van der Waals surface area contributed by atoms with Gasteiger partial charge in [0.05, 0.1) is 17.9 Å². The van der Waals surface area contributed by atoms with Crippen molar-refractivity contribution in [3.8, 4) is 0 Å². The lowest BCUT2D eigenvalue weighted by Crippen LogP contribution is -2.07. The topological polar surface area (TPSA) is 24.9 Å². The first-order valence-corrected chi connectivity index (χ1v) is 6.52. The molecule has 2 rings (SSSR count). The fourth-order valence-electron chi connectivity index (χ4n) is 1.64. The molecule has 1 N–H and O–H groups in total. The third-order valence-electron chi connectivity index (χ3n) is 2.54. The molecule has 0 spiro atoms. The molecule has 0 saturated carbocycles. The fourth-order valence-corrected chi connectivity index (χ4v) is 2.33. The second-order valence-electron chi connectivity index (χ2n) is 3.90. The van der Waals surface area contributed by atoms with E-state index in [9.17, 15) is 0 Å². The molecule has 0 radical (unpaired) electrons. The Balaban J connectivity index is 2.16. The zero-order valence-corrected chi connectivity index (χ0v) is 11.9. The van der Waals surface area contributed by atoms with Crippen LogP contribution in [0.3, 0.4) is 0 Å². The molecular formula is C13H11Cl3N2. The van der Waals surface area contributed by atoms with E-state index in [0.29, 0.717) is 15.2 Å². The van der Waals surface area contributed by atoms with E-state index < -0.39 is 0 Å². The second-order valence-corrected chi connectivity index (χ2v) is 5.13. The summed E-state index contributed by atoms with van der Waals surface area (Å²) in [7, 11) is 0. The SMILES string of the molecule is CC(Nc1ccc(Cl)nc1)c1ccc(Cl)cc1Cl. The van der Waals surface area contributed by atoms with Crippen molar-refractivity contribution in [2.45, 2.75) is 13.0 Å². The smallest absolute Gasteiger partial charge is 0.129 e. The zero-order valence-electron chi connectivity index (χ0n) is 9.62. The first kappa shape index (κ1) is 13.5. The fraction of sp³-hybridized carbons (Fsp3) is 0.154. The van der Waals surface area contributed by atoms with Crippen LogP contribution >= 0.6 is 34.8 Å². The van der Waals surface area contributed by atoms with Crippen LogP contribution in [0.4, 0.5) is 5.69 Å². The highest BCUT2D eigenvalue weighted by Gasteiger charge is 2.10. The van der Waals surface area contributed by atoms with Gasteiger partial charge in [-0.25, -0.2) is 4.98 Å². The first-order valence-electron chi connectivity index (χ1n) is 5.39. The van der Waals surface area contributed by atoms with E-state index in [0.717, 1.165) is 11.3 Å². The average Bonchev–Trinajstić information content (AvgIpc) is 2.32. The quantitative estimate of drug-likeness (QED) is 0.787. The van der Waals surface area contributed by atoms with Crippen molar-refractivity contribution in [1.29, 1.82) is 0 Å². The van der Waals surface area contributed by atoms with Crippen LogP contribution in [0.5, 0.6) is 0 Å². The van der Waals surface area contributed by atoms with Gasteiger partial charge in [-0.1, -0.05) is 40.9 Å². The molecule has 0 bridgehead atoms. The van der Waals surface area contributed by atoms with Crippen LogP contribution in [0.15, 0.2) is 36.5 Å². The number of rotatable bonds is 3. The Kier molecular flexibility index (Phi) is 4.33. The number of pyridine rings is 1. The molecule has 2 aromatic rings. The van der Waals surface area contributed by atoms with Crippen LogP contribution in [0.1, 0.15) is 18.5 Å².